The molecular weight excluding hydrogens is 477 g/mol. The zero-order valence-electron chi connectivity index (χ0n) is 17.6. The summed E-state index contributed by atoms with van der Waals surface area (Å²) in [5, 5.41) is 2.65. The minimum atomic E-state index is -1.09. The zero-order valence-corrected chi connectivity index (χ0v) is 20.0. The number of halogens is 2. The summed E-state index contributed by atoms with van der Waals surface area (Å²) in [4.78, 5) is 34.7. The highest BCUT2D eigenvalue weighted by Gasteiger charge is 2.39. The number of isocyanates is 1. The van der Waals surface area contributed by atoms with Crippen LogP contribution in [0.3, 0.4) is 0 Å². The minimum absolute atomic E-state index is 0.0142. The van der Waals surface area contributed by atoms with Gasteiger partial charge in [0, 0.05) is 12.3 Å². The quantitative estimate of drug-likeness (QED) is 0.173. The molecule has 1 amide bonds. The Balaban J connectivity index is 3.16. The van der Waals surface area contributed by atoms with E-state index in [1.807, 2.05) is 0 Å². The summed E-state index contributed by atoms with van der Waals surface area (Å²) in [5.41, 5.74) is -1.77. The van der Waals surface area contributed by atoms with Crippen molar-refractivity contribution < 1.29 is 18.7 Å². The summed E-state index contributed by atoms with van der Waals surface area (Å²) < 4.78 is 21.5. The van der Waals surface area contributed by atoms with Crippen LogP contribution in [-0.2, 0) is 9.53 Å². The van der Waals surface area contributed by atoms with Crippen molar-refractivity contribution >= 4 is 51.7 Å². The van der Waals surface area contributed by atoms with Crippen LogP contribution in [0.25, 0.3) is 0 Å². The van der Waals surface area contributed by atoms with Crippen molar-refractivity contribution in [3.8, 4) is 0 Å². The van der Waals surface area contributed by atoms with Gasteiger partial charge in [-0.2, -0.15) is 0 Å². The monoisotopic (exact) mass is 503 g/mol. The first-order valence-corrected chi connectivity index (χ1v) is 10.9. The van der Waals surface area contributed by atoms with Crippen LogP contribution in [0.2, 0.25) is 0 Å². The van der Waals surface area contributed by atoms with E-state index in [0.29, 0.717) is 31.7 Å². The number of nitrogens with zero attached hydrogens (tertiary/aromatic N) is 4. The molecule has 0 radical (unpaired) electrons. The Labute approximate surface area is 189 Å². The standard InChI is InChI=1S/C19H27BrFN5O3S/c1-13(21)15(23-14(2)20)19(6)11-30-26(10-8-7-9-22-12-27)16(25-19)24-17(28)29-18(3,4)5/h1-2,7-11H2,3-6H3,(H,24,25,28)/t19-/m0/s1. The van der Waals surface area contributed by atoms with Crippen LogP contribution >= 0.6 is 27.9 Å². The average molecular weight is 504 g/mol. The molecule has 1 rings (SSSR count). The molecule has 0 saturated carbocycles. The van der Waals surface area contributed by atoms with Gasteiger partial charge in [-0.05, 0) is 68.4 Å². The van der Waals surface area contributed by atoms with E-state index in [1.54, 1.807) is 32.0 Å². The normalized spacial score (nSPS) is 19.5. The molecule has 8 nitrogen and oxygen atoms in total. The van der Waals surface area contributed by atoms with Gasteiger partial charge < -0.3 is 4.74 Å². The Morgan fingerprint density at radius 3 is 2.67 bits per heavy atom. The van der Waals surface area contributed by atoms with E-state index < -0.39 is 23.1 Å². The topological polar surface area (TPSA) is 95.7 Å². The number of rotatable bonds is 8. The van der Waals surface area contributed by atoms with Gasteiger partial charge in [-0.15, -0.1) is 0 Å². The molecule has 0 aliphatic carbocycles. The van der Waals surface area contributed by atoms with E-state index in [9.17, 15) is 14.0 Å². The fourth-order valence-corrected chi connectivity index (χ4v) is 3.70. The molecule has 0 aromatic heterocycles. The molecule has 30 heavy (non-hydrogen) atoms. The number of aliphatic imine (C=N–C) groups is 3. The zero-order chi connectivity index (χ0) is 22.9. The van der Waals surface area contributed by atoms with Crippen molar-refractivity contribution in [3.63, 3.8) is 0 Å². The Bertz CT molecular complexity index is 790. The first-order chi connectivity index (χ1) is 13.9. The summed E-state index contributed by atoms with van der Waals surface area (Å²) in [6, 6.07) is 0. The van der Waals surface area contributed by atoms with Crippen LogP contribution in [0.5, 0.6) is 0 Å². The fraction of sp³-hybridized carbons (Fsp3) is 0.579. The van der Waals surface area contributed by atoms with Gasteiger partial charge >= 0.3 is 6.09 Å². The van der Waals surface area contributed by atoms with Crippen molar-refractivity contribution in [2.45, 2.75) is 51.7 Å². The summed E-state index contributed by atoms with van der Waals surface area (Å²) in [6.07, 6.45) is 2.19. The van der Waals surface area contributed by atoms with Crippen LogP contribution in [0.1, 0.15) is 40.5 Å². The lowest BCUT2D eigenvalue weighted by molar-refractivity contribution is 0.0559. The van der Waals surface area contributed by atoms with Crippen molar-refractivity contribution in [2.75, 3.05) is 18.8 Å². The molecular formula is C19H27BrFN5O3S. The molecule has 0 saturated heterocycles. The van der Waals surface area contributed by atoms with Crippen LogP contribution in [-0.4, -0.2) is 58.1 Å². The third kappa shape index (κ3) is 8.81. The van der Waals surface area contributed by atoms with Gasteiger partial charge in [-0.3, -0.25) is 9.62 Å². The maximum atomic E-state index is 14.2. The Hall–Kier alpha value is -1.97. The Morgan fingerprint density at radius 1 is 1.47 bits per heavy atom. The van der Waals surface area contributed by atoms with Gasteiger partial charge in [0.2, 0.25) is 12.0 Å². The number of guanidine groups is 1. The van der Waals surface area contributed by atoms with Crippen LogP contribution in [0.4, 0.5) is 9.18 Å². The summed E-state index contributed by atoms with van der Waals surface area (Å²) >= 11 is 4.47. The molecule has 1 aliphatic heterocycles. The van der Waals surface area contributed by atoms with Gasteiger partial charge in [-0.1, -0.05) is 13.2 Å². The highest BCUT2D eigenvalue weighted by Crippen LogP contribution is 2.32. The van der Waals surface area contributed by atoms with Crippen molar-refractivity contribution in [1.29, 1.82) is 0 Å². The lowest BCUT2D eigenvalue weighted by Gasteiger charge is -2.37. The van der Waals surface area contributed by atoms with Crippen molar-refractivity contribution in [2.24, 2.45) is 15.0 Å². The lowest BCUT2D eigenvalue weighted by Crippen LogP contribution is -2.51. The number of hydrogen-bond acceptors (Lipinski definition) is 8. The molecule has 11 heteroatoms. The highest BCUT2D eigenvalue weighted by molar-refractivity contribution is 9.11. The molecule has 0 spiro atoms. The third-order valence-electron chi connectivity index (χ3n) is 3.65. The van der Waals surface area contributed by atoms with Gasteiger partial charge in [0.15, 0.2) is 0 Å². The van der Waals surface area contributed by atoms with Gasteiger partial charge in [0.05, 0.1) is 11.2 Å². The number of carbonyl (C=O) groups is 1. The van der Waals surface area contributed by atoms with Gasteiger partial charge in [-0.25, -0.2) is 29.0 Å². The number of unbranched alkanes of at least 4 members (excludes halogenated alkanes) is 1. The number of alkyl carbamates (subject to hydrolysis) is 1. The second-order valence-electron chi connectivity index (χ2n) is 7.63. The van der Waals surface area contributed by atoms with Crippen LogP contribution in [0.15, 0.2) is 38.6 Å². The van der Waals surface area contributed by atoms with Crippen LogP contribution in [0, 0.1) is 0 Å². The number of nitrogens with one attached hydrogen (secondary N) is 1. The molecule has 1 aliphatic rings. The van der Waals surface area contributed by atoms with E-state index in [4.69, 9.17) is 4.74 Å². The van der Waals surface area contributed by atoms with Crippen molar-refractivity contribution in [1.82, 2.24) is 9.62 Å². The molecule has 0 fully saturated rings. The lowest BCUT2D eigenvalue weighted by atomic mass is 9.98. The minimum Gasteiger partial charge on any atom is -0.444 e. The molecule has 1 atom stereocenters. The SMILES string of the molecule is C=C(Br)N=C(C(=C)F)[C@]1(C)CSN(CCCCN=C=O)C(NC(=O)OC(C)(C)C)=N1. The predicted octanol–water partition coefficient (Wildman–Crippen LogP) is 4.50. The molecule has 166 valence electrons. The fourth-order valence-electron chi connectivity index (χ4n) is 2.45. The van der Waals surface area contributed by atoms with E-state index in [0.717, 1.165) is 0 Å². The molecule has 0 bridgehead atoms. The molecule has 1 N–H and O–H groups in total. The van der Waals surface area contributed by atoms with Gasteiger partial charge in [0.1, 0.15) is 22.7 Å². The predicted molar refractivity (Wildman–Crippen MR) is 122 cm³/mol. The first kappa shape index (κ1) is 26.1. The maximum Gasteiger partial charge on any atom is 0.414 e. The summed E-state index contributed by atoms with van der Waals surface area (Å²) in [7, 11) is 0. The van der Waals surface area contributed by atoms with E-state index in [1.165, 1.54) is 18.0 Å². The van der Waals surface area contributed by atoms with E-state index in [-0.39, 0.29) is 16.3 Å². The molecule has 0 aromatic rings. The second kappa shape index (κ2) is 11.4. The average Bonchev–Trinajstić information content (AvgIpc) is 2.59. The highest BCUT2D eigenvalue weighted by atomic mass is 79.9. The number of carbonyl (C=O) groups excluding carboxylic acids is 2. The van der Waals surface area contributed by atoms with Gasteiger partial charge in [0.25, 0.3) is 0 Å². The smallest absolute Gasteiger partial charge is 0.414 e. The van der Waals surface area contributed by atoms with Crippen LogP contribution < -0.4 is 5.32 Å². The van der Waals surface area contributed by atoms with Crippen molar-refractivity contribution in [3.05, 3.63) is 23.6 Å². The Kier molecular flexibility index (Phi) is 9.93. The Morgan fingerprint density at radius 2 is 2.13 bits per heavy atom. The maximum absolute atomic E-state index is 14.2. The van der Waals surface area contributed by atoms with E-state index >= 15 is 0 Å². The second-order valence-corrected chi connectivity index (χ2v) is 9.54. The molecule has 1 heterocycles. The first-order valence-electron chi connectivity index (χ1n) is 9.20. The number of ether oxygens (including phenoxy) is 1. The number of hydrogen-bond donors (Lipinski definition) is 1. The summed E-state index contributed by atoms with van der Waals surface area (Å²) in [5.74, 6) is -0.156. The third-order valence-corrected chi connectivity index (χ3v) is 5.18. The largest absolute Gasteiger partial charge is 0.444 e. The molecule has 0 unspecified atom stereocenters. The summed E-state index contributed by atoms with van der Waals surface area (Å²) in [6.45, 7) is 14.8. The van der Waals surface area contributed by atoms with E-state index in [2.05, 4.69) is 49.4 Å². The number of amides is 1. The molecule has 0 aromatic carbocycles.